The van der Waals surface area contributed by atoms with Crippen molar-refractivity contribution in [2.45, 2.75) is 109 Å². The molecule has 0 aromatic carbocycles. The van der Waals surface area contributed by atoms with Gasteiger partial charge in [0.25, 0.3) is 0 Å². The zero-order valence-corrected chi connectivity index (χ0v) is 17.2. The van der Waals surface area contributed by atoms with E-state index in [0.717, 1.165) is 12.5 Å². The summed E-state index contributed by atoms with van der Waals surface area (Å²) in [7, 11) is -0.150. The van der Waals surface area contributed by atoms with Crippen molar-refractivity contribution < 1.29 is 9.84 Å². The van der Waals surface area contributed by atoms with Crippen molar-refractivity contribution in [3.05, 3.63) is 0 Å². The van der Waals surface area contributed by atoms with Gasteiger partial charge >= 0.3 is 0 Å². The van der Waals surface area contributed by atoms with Gasteiger partial charge in [-0.3, -0.25) is 0 Å². The molecule has 3 nitrogen and oxygen atoms in total. The molecule has 0 aromatic rings. The fourth-order valence-electron chi connectivity index (χ4n) is 4.15. The molecule has 1 aliphatic carbocycles. The van der Waals surface area contributed by atoms with E-state index >= 15 is 0 Å². The Morgan fingerprint density at radius 1 is 1.04 bits per heavy atom. The summed E-state index contributed by atoms with van der Waals surface area (Å²) in [6, 6.07) is 1.52. The Hall–Kier alpha value is 0.0969. The maximum Gasteiger partial charge on any atom is 0.143 e. The fraction of sp³-hybridized carbons (Fsp3) is 1.00. The van der Waals surface area contributed by atoms with Crippen LogP contribution >= 0.6 is 0 Å². The molecule has 0 radical (unpaired) electrons. The van der Waals surface area contributed by atoms with Crippen molar-refractivity contribution in [2.75, 3.05) is 13.4 Å². The van der Waals surface area contributed by atoms with E-state index in [0.29, 0.717) is 12.6 Å². The Kier molecular flexibility index (Phi) is 13.3. The molecule has 1 rings (SSSR count). The molecule has 0 heterocycles. The Labute approximate surface area is 147 Å². The number of unbranched alkanes of at least 4 members (excludes halogenated alkanes) is 3. The van der Waals surface area contributed by atoms with Crippen LogP contribution in [0.1, 0.15) is 90.4 Å². The summed E-state index contributed by atoms with van der Waals surface area (Å²) in [4.78, 5) is 0. The number of aliphatic hydroxyl groups excluding tert-OH is 1. The van der Waals surface area contributed by atoms with E-state index in [4.69, 9.17) is 9.84 Å². The number of aliphatic hydroxyl groups is 1. The lowest BCUT2D eigenvalue weighted by atomic mass is 9.95. The summed E-state index contributed by atoms with van der Waals surface area (Å²) < 4.78 is 8.18. The summed E-state index contributed by atoms with van der Waals surface area (Å²) in [6.07, 6.45) is 17.8. The van der Waals surface area contributed by atoms with Gasteiger partial charge in [0.1, 0.15) is 6.79 Å². The molecule has 0 bridgehead atoms. The van der Waals surface area contributed by atoms with Gasteiger partial charge in [-0.1, -0.05) is 71.3 Å². The Balaban J connectivity index is 2.56. The molecule has 0 spiro atoms. The first-order valence-electron chi connectivity index (χ1n) is 10.3. The van der Waals surface area contributed by atoms with E-state index in [9.17, 15) is 0 Å². The van der Waals surface area contributed by atoms with Gasteiger partial charge in [0, 0.05) is 12.1 Å². The minimum absolute atomic E-state index is 0.129. The van der Waals surface area contributed by atoms with Gasteiger partial charge in [0.05, 0.1) is 16.3 Å². The van der Waals surface area contributed by atoms with Gasteiger partial charge in [-0.2, -0.15) is 0 Å². The van der Waals surface area contributed by atoms with Gasteiger partial charge in [-0.05, 0) is 25.7 Å². The standard InChI is InChI=1S/C19H41NO2Si/c1-3-4-5-9-14-19(15-16-22-17-21)20(23-2)18-12-10-7-6-8-11-13-18/h18-19,21H,3-17,23H2,1-2H3. The second kappa shape index (κ2) is 14.4. The van der Waals surface area contributed by atoms with Crippen molar-refractivity contribution in [3.63, 3.8) is 0 Å². The van der Waals surface area contributed by atoms with Crippen LogP contribution in [0.4, 0.5) is 0 Å². The second-order valence-electron chi connectivity index (χ2n) is 7.16. The first-order chi connectivity index (χ1) is 11.3. The molecular weight excluding hydrogens is 302 g/mol. The molecule has 0 aromatic heterocycles. The predicted molar refractivity (Wildman–Crippen MR) is 103 cm³/mol. The first-order valence-corrected chi connectivity index (χ1v) is 12.3. The zero-order chi connectivity index (χ0) is 16.8. The van der Waals surface area contributed by atoms with Crippen molar-refractivity contribution in [2.24, 2.45) is 0 Å². The van der Waals surface area contributed by atoms with Gasteiger partial charge in [0.2, 0.25) is 0 Å². The smallest absolute Gasteiger partial charge is 0.143 e. The van der Waals surface area contributed by atoms with Crippen LogP contribution < -0.4 is 0 Å². The highest BCUT2D eigenvalue weighted by atomic mass is 28.2. The molecule has 1 fully saturated rings. The SMILES string of the molecule is CCCCCCC(CCOCO)N([SiH2]C)C1CCCCCCC1. The van der Waals surface area contributed by atoms with E-state index in [-0.39, 0.29) is 16.5 Å². The van der Waals surface area contributed by atoms with Gasteiger partial charge in [0.15, 0.2) is 0 Å². The molecule has 23 heavy (non-hydrogen) atoms. The predicted octanol–water partition coefficient (Wildman–Crippen LogP) is 4.23. The molecule has 4 heteroatoms. The highest BCUT2D eigenvalue weighted by Crippen LogP contribution is 2.25. The molecule has 1 N–H and O–H groups in total. The molecular formula is C19H41NO2Si. The van der Waals surface area contributed by atoms with Gasteiger partial charge in [-0.25, -0.2) is 0 Å². The first kappa shape index (κ1) is 21.1. The van der Waals surface area contributed by atoms with E-state index in [1.165, 1.54) is 77.0 Å². The normalized spacial score (nSPS) is 19.3. The topological polar surface area (TPSA) is 32.7 Å². The summed E-state index contributed by atoms with van der Waals surface area (Å²) in [5, 5.41) is 8.91. The average molecular weight is 344 g/mol. The van der Waals surface area contributed by atoms with Crippen molar-refractivity contribution in [1.29, 1.82) is 0 Å². The molecule has 1 unspecified atom stereocenters. The van der Waals surface area contributed by atoms with Crippen LogP contribution in [-0.4, -0.2) is 44.8 Å². The Bertz CT molecular complexity index is 258. The lowest BCUT2D eigenvalue weighted by Crippen LogP contribution is -2.45. The quantitative estimate of drug-likeness (QED) is 0.327. The third kappa shape index (κ3) is 9.23. The number of hydrogen-bond donors (Lipinski definition) is 1. The molecule has 1 saturated carbocycles. The molecule has 1 aliphatic rings. The number of ether oxygens (including phenoxy) is 1. The number of nitrogens with zero attached hydrogens (tertiary/aromatic N) is 1. The highest BCUT2D eigenvalue weighted by Gasteiger charge is 2.24. The van der Waals surface area contributed by atoms with Gasteiger partial charge < -0.3 is 14.4 Å². The van der Waals surface area contributed by atoms with Crippen LogP contribution in [0, 0.1) is 0 Å². The molecule has 0 amide bonds. The van der Waals surface area contributed by atoms with Gasteiger partial charge in [-0.15, -0.1) is 0 Å². The Morgan fingerprint density at radius 3 is 2.35 bits per heavy atom. The number of rotatable bonds is 12. The summed E-state index contributed by atoms with van der Waals surface area (Å²) in [5.74, 6) is 0. The third-order valence-electron chi connectivity index (χ3n) is 5.46. The van der Waals surface area contributed by atoms with Crippen LogP contribution in [0.5, 0.6) is 0 Å². The Morgan fingerprint density at radius 2 is 1.74 bits per heavy atom. The van der Waals surface area contributed by atoms with E-state index < -0.39 is 0 Å². The monoisotopic (exact) mass is 343 g/mol. The van der Waals surface area contributed by atoms with E-state index in [1.54, 1.807) is 0 Å². The van der Waals surface area contributed by atoms with Crippen molar-refractivity contribution >= 4 is 9.68 Å². The highest BCUT2D eigenvalue weighted by molar-refractivity contribution is 6.30. The lowest BCUT2D eigenvalue weighted by molar-refractivity contribution is -0.00916. The summed E-state index contributed by atoms with van der Waals surface area (Å²) in [6.45, 7) is 5.33. The van der Waals surface area contributed by atoms with Crippen molar-refractivity contribution in [1.82, 2.24) is 4.57 Å². The van der Waals surface area contributed by atoms with Crippen molar-refractivity contribution in [3.8, 4) is 0 Å². The van der Waals surface area contributed by atoms with E-state index in [2.05, 4.69) is 18.0 Å². The second-order valence-corrected chi connectivity index (χ2v) is 8.52. The third-order valence-corrected chi connectivity index (χ3v) is 7.22. The van der Waals surface area contributed by atoms with Crippen LogP contribution in [0.3, 0.4) is 0 Å². The largest absolute Gasteiger partial charge is 0.371 e. The maximum atomic E-state index is 8.91. The minimum Gasteiger partial charge on any atom is -0.371 e. The molecule has 0 aliphatic heterocycles. The number of hydrogen-bond acceptors (Lipinski definition) is 3. The maximum absolute atomic E-state index is 8.91. The van der Waals surface area contributed by atoms with Crippen LogP contribution in [0.2, 0.25) is 6.55 Å². The minimum atomic E-state index is -0.150. The van der Waals surface area contributed by atoms with Crippen LogP contribution in [0.15, 0.2) is 0 Å². The molecule has 1 atom stereocenters. The summed E-state index contributed by atoms with van der Waals surface area (Å²) >= 11 is 0. The average Bonchev–Trinajstić information content (AvgIpc) is 2.53. The molecule has 138 valence electrons. The molecule has 0 saturated heterocycles. The zero-order valence-electron chi connectivity index (χ0n) is 15.8. The van der Waals surface area contributed by atoms with E-state index in [1.807, 2.05) is 0 Å². The summed E-state index contributed by atoms with van der Waals surface area (Å²) in [5.41, 5.74) is 0. The fourth-order valence-corrected chi connectivity index (χ4v) is 5.91. The van der Waals surface area contributed by atoms with Crippen LogP contribution in [0.25, 0.3) is 0 Å². The van der Waals surface area contributed by atoms with Crippen LogP contribution in [-0.2, 0) is 4.74 Å². The lowest BCUT2D eigenvalue weighted by Gasteiger charge is -2.39.